The lowest BCUT2D eigenvalue weighted by Crippen LogP contribution is -2.52. The summed E-state index contributed by atoms with van der Waals surface area (Å²) in [7, 11) is 0. The molecule has 1 heterocycles. The van der Waals surface area contributed by atoms with Crippen LogP contribution in [0.1, 0.15) is 24.8 Å². The van der Waals surface area contributed by atoms with Gasteiger partial charge in [-0.15, -0.1) is 12.4 Å². The Morgan fingerprint density at radius 3 is 2.27 bits per heavy atom. The highest BCUT2D eigenvalue weighted by Crippen LogP contribution is 2.32. The summed E-state index contributed by atoms with van der Waals surface area (Å²) in [5, 5.41) is 0.672. The summed E-state index contributed by atoms with van der Waals surface area (Å²) in [6.45, 7) is 3.06. The number of carbonyl (C=O) groups excluding carboxylic acids is 2. The molecule has 0 spiro atoms. The Morgan fingerprint density at radius 2 is 1.65 bits per heavy atom. The third kappa shape index (κ3) is 4.90. The zero-order chi connectivity index (χ0) is 17.8. The number of nitrogens with two attached hydrogens (primary N) is 1. The van der Waals surface area contributed by atoms with Crippen molar-refractivity contribution < 1.29 is 9.59 Å². The summed E-state index contributed by atoms with van der Waals surface area (Å²) >= 11 is 5.88. The Labute approximate surface area is 166 Å². The maximum atomic E-state index is 12.7. The second kappa shape index (κ2) is 9.58. The van der Waals surface area contributed by atoms with Crippen molar-refractivity contribution in [2.75, 3.05) is 32.7 Å². The van der Waals surface area contributed by atoms with E-state index in [-0.39, 0.29) is 30.1 Å². The number of benzene rings is 1. The molecule has 1 aromatic carbocycles. The van der Waals surface area contributed by atoms with E-state index in [1.165, 1.54) is 0 Å². The zero-order valence-electron chi connectivity index (χ0n) is 14.9. The van der Waals surface area contributed by atoms with Crippen LogP contribution in [-0.2, 0) is 16.0 Å². The number of rotatable bonds is 4. The fraction of sp³-hybridized carbons (Fsp3) is 0.579. The van der Waals surface area contributed by atoms with Crippen molar-refractivity contribution in [3.8, 4) is 0 Å². The fourth-order valence-corrected chi connectivity index (χ4v) is 4.07. The molecular weight excluding hydrogens is 373 g/mol. The maximum Gasteiger partial charge on any atom is 0.227 e. The fourth-order valence-electron chi connectivity index (χ4n) is 3.94. The number of hydrogen-bond acceptors (Lipinski definition) is 3. The molecular formula is C19H27Cl2N3O2. The molecule has 1 saturated heterocycles. The first-order valence-electron chi connectivity index (χ1n) is 9.09. The van der Waals surface area contributed by atoms with E-state index in [0.29, 0.717) is 50.1 Å². The summed E-state index contributed by atoms with van der Waals surface area (Å²) in [5.41, 5.74) is 6.77. The van der Waals surface area contributed by atoms with Crippen molar-refractivity contribution in [3.63, 3.8) is 0 Å². The molecule has 144 valence electrons. The molecule has 2 amide bonds. The van der Waals surface area contributed by atoms with Gasteiger partial charge in [0.2, 0.25) is 11.8 Å². The lowest BCUT2D eigenvalue weighted by atomic mass is 9.94. The van der Waals surface area contributed by atoms with E-state index in [1.807, 2.05) is 21.9 Å². The predicted octanol–water partition coefficient (Wildman–Crippen LogP) is 2.35. The van der Waals surface area contributed by atoms with E-state index in [1.54, 1.807) is 12.1 Å². The lowest BCUT2D eigenvalue weighted by Gasteiger charge is -2.36. The first-order chi connectivity index (χ1) is 12.1. The Balaban J connectivity index is 0.00000243. The van der Waals surface area contributed by atoms with Crippen molar-refractivity contribution in [2.24, 2.45) is 17.6 Å². The highest BCUT2D eigenvalue weighted by Gasteiger charge is 2.36. The van der Waals surface area contributed by atoms with Crippen LogP contribution in [0.15, 0.2) is 24.3 Å². The van der Waals surface area contributed by atoms with Crippen molar-refractivity contribution >= 4 is 35.8 Å². The molecule has 3 rings (SSSR count). The van der Waals surface area contributed by atoms with Crippen molar-refractivity contribution in [3.05, 3.63) is 34.9 Å². The average Bonchev–Trinajstić information content (AvgIpc) is 3.12. The number of nitrogens with zero attached hydrogens (tertiary/aromatic N) is 2. The number of piperazine rings is 1. The molecule has 0 unspecified atom stereocenters. The van der Waals surface area contributed by atoms with Gasteiger partial charge in [-0.05, 0) is 43.0 Å². The Kier molecular flexibility index (Phi) is 7.74. The van der Waals surface area contributed by atoms with Crippen molar-refractivity contribution in [1.82, 2.24) is 9.80 Å². The van der Waals surface area contributed by atoms with Gasteiger partial charge in [0.1, 0.15) is 0 Å². The summed E-state index contributed by atoms with van der Waals surface area (Å²) < 4.78 is 0. The molecule has 1 saturated carbocycles. The van der Waals surface area contributed by atoms with Crippen LogP contribution in [0, 0.1) is 11.8 Å². The van der Waals surface area contributed by atoms with E-state index in [4.69, 9.17) is 17.3 Å². The number of halogens is 2. The van der Waals surface area contributed by atoms with Gasteiger partial charge in [0.15, 0.2) is 0 Å². The van der Waals surface area contributed by atoms with Crippen LogP contribution in [0.2, 0.25) is 5.02 Å². The number of hydrogen-bond donors (Lipinski definition) is 1. The molecule has 1 aliphatic heterocycles. The maximum absolute atomic E-state index is 12.7. The monoisotopic (exact) mass is 399 g/mol. The molecule has 26 heavy (non-hydrogen) atoms. The van der Waals surface area contributed by atoms with E-state index >= 15 is 0 Å². The average molecular weight is 400 g/mol. The highest BCUT2D eigenvalue weighted by atomic mass is 35.5. The van der Waals surface area contributed by atoms with E-state index in [0.717, 1.165) is 24.8 Å². The zero-order valence-corrected chi connectivity index (χ0v) is 16.5. The molecule has 1 aromatic rings. The van der Waals surface area contributed by atoms with Crippen LogP contribution in [0.3, 0.4) is 0 Å². The Morgan fingerprint density at radius 1 is 1.04 bits per heavy atom. The van der Waals surface area contributed by atoms with Gasteiger partial charge in [-0.25, -0.2) is 0 Å². The molecule has 2 aliphatic rings. The molecule has 2 fully saturated rings. The van der Waals surface area contributed by atoms with Crippen LogP contribution >= 0.6 is 24.0 Å². The molecule has 2 atom stereocenters. The van der Waals surface area contributed by atoms with Crippen LogP contribution in [0.4, 0.5) is 0 Å². The van der Waals surface area contributed by atoms with E-state index < -0.39 is 0 Å². The van der Waals surface area contributed by atoms with Gasteiger partial charge in [0.25, 0.3) is 0 Å². The van der Waals surface area contributed by atoms with Gasteiger partial charge in [-0.3, -0.25) is 9.59 Å². The normalized spacial score (nSPS) is 22.8. The largest absolute Gasteiger partial charge is 0.339 e. The molecule has 1 aliphatic carbocycles. The topological polar surface area (TPSA) is 66.6 Å². The predicted molar refractivity (Wildman–Crippen MR) is 105 cm³/mol. The first kappa shape index (κ1) is 21.0. The minimum atomic E-state index is 0. The van der Waals surface area contributed by atoms with Gasteiger partial charge in [-0.2, -0.15) is 0 Å². The molecule has 0 bridgehead atoms. The quantitative estimate of drug-likeness (QED) is 0.844. The van der Waals surface area contributed by atoms with Gasteiger partial charge >= 0.3 is 0 Å². The Bertz CT molecular complexity index is 616. The van der Waals surface area contributed by atoms with Gasteiger partial charge in [0.05, 0.1) is 6.42 Å². The van der Waals surface area contributed by atoms with Gasteiger partial charge in [0, 0.05) is 37.1 Å². The third-order valence-corrected chi connectivity index (χ3v) is 5.74. The lowest BCUT2D eigenvalue weighted by molar-refractivity contribution is -0.142. The number of carbonyl (C=O) groups is 2. The second-order valence-electron chi connectivity index (χ2n) is 7.04. The van der Waals surface area contributed by atoms with Crippen molar-refractivity contribution in [1.29, 1.82) is 0 Å². The second-order valence-corrected chi connectivity index (χ2v) is 7.48. The van der Waals surface area contributed by atoms with Crippen LogP contribution < -0.4 is 5.73 Å². The van der Waals surface area contributed by atoms with Gasteiger partial charge in [-0.1, -0.05) is 30.2 Å². The molecule has 5 nitrogen and oxygen atoms in total. The minimum absolute atomic E-state index is 0. The summed E-state index contributed by atoms with van der Waals surface area (Å²) in [4.78, 5) is 29.0. The highest BCUT2D eigenvalue weighted by molar-refractivity contribution is 6.30. The molecule has 7 heteroatoms. The van der Waals surface area contributed by atoms with Crippen molar-refractivity contribution in [2.45, 2.75) is 25.7 Å². The summed E-state index contributed by atoms with van der Waals surface area (Å²) in [6.07, 6.45) is 3.49. The van der Waals surface area contributed by atoms with Gasteiger partial charge < -0.3 is 15.5 Å². The standard InChI is InChI=1S/C19H26ClN3O2.ClH/c20-16-6-4-14(5-7-16)12-18(24)22-8-10-23(11-9-22)19(25)17-3-1-2-15(17)13-21;/h4-7,15,17H,1-3,8-13,21H2;1H/t15-,17-;/m1./s1. The van der Waals surface area contributed by atoms with E-state index in [9.17, 15) is 9.59 Å². The molecule has 0 radical (unpaired) electrons. The van der Waals surface area contributed by atoms with Crippen LogP contribution in [0.5, 0.6) is 0 Å². The SMILES string of the molecule is Cl.NC[C@H]1CCC[C@H]1C(=O)N1CCN(C(=O)Cc2ccc(Cl)cc2)CC1. The van der Waals surface area contributed by atoms with Crippen LogP contribution in [0.25, 0.3) is 0 Å². The third-order valence-electron chi connectivity index (χ3n) is 5.49. The van der Waals surface area contributed by atoms with E-state index in [2.05, 4.69) is 0 Å². The van der Waals surface area contributed by atoms with Crippen LogP contribution in [-0.4, -0.2) is 54.3 Å². The number of amides is 2. The Hall–Kier alpha value is -1.30. The minimum Gasteiger partial charge on any atom is -0.339 e. The summed E-state index contributed by atoms with van der Waals surface area (Å²) in [6, 6.07) is 7.37. The molecule has 0 aromatic heterocycles. The molecule has 2 N–H and O–H groups in total. The first-order valence-corrected chi connectivity index (χ1v) is 9.47. The smallest absolute Gasteiger partial charge is 0.227 e. The summed E-state index contributed by atoms with van der Waals surface area (Å²) in [5.74, 6) is 0.756.